The molecule has 0 bridgehead atoms. The summed E-state index contributed by atoms with van der Waals surface area (Å²) in [6, 6.07) is 73.1. The second-order valence-corrected chi connectivity index (χ2v) is 14.8. The van der Waals surface area contributed by atoms with Crippen LogP contribution in [0, 0.1) is 0 Å². The van der Waals surface area contributed by atoms with Crippen LogP contribution in [0.5, 0.6) is 0 Å². The lowest BCUT2D eigenvalue weighted by atomic mass is 9.70. The van der Waals surface area contributed by atoms with Gasteiger partial charge in [0.2, 0.25) is 0 Å². The van der Waals surface area contributed by atoms with E-state index in [-0.39, 0.29) is 0 Å². The van der Waals surface area contributed by atoms with Crippen LogP contribution < -0.4 is 4.90 Å². The number of nitrogens with zero attached hydrogens (tertiary/aromatic N) is 1. The number of rotatable bonds is 4. The topological polar surface area (TPSA) is 16.4 Å². The summed E-state index contributed by atoms with van der Waals surface area (Å²) < 4.78 is 7.07. The summed E-state index contributed by atoms with van der Waals surface area (Å²) in [6.45, 7) is 0. The fourth-order valence-corrected chi connectivity index (χ4v) is 9.79. The van der Waals surface area contributed by atoms with E-state index in [1.54, 1.807) is 0 Å². The lowest BCUT2D eigenvalue weighted by Crippen LogP contribution is -2.26. The molecule has 2 nitrogen and oxygen atoms in total. The summed E-state index contributed by atoms with van der Waals surface area (Å²) in [5.74, 6) is 0. The lowest BCUT2D eigenvalue weighted by molar-refractivity contribution is 0.670. The Morgan fingerprint density at radius 1 is 0.345 bits per heavy atom. The van der Waals surface area contributed by atoms with E-state index in [4.69, 9.17) is 4.42 Å². The van der Waals surface area contributed by atoms with Crippen molar-refractivity contribution in [2.24, 2.45) is 0 Å². The van der Waals surface area contributed by atoms with Crippen molar-refractivity contribution in [1.29, 1.82) is 0 Å². The summed E-state index contributed by atoms with van der Waals surface area (Å²) in [5.41, 5.74) is 17.2. The molecule has 12 rings (SSSR count). The van der Waals surface area contributed by atoms with Gasteiger partial charge in [-0.25, -0.2) is 0 Å². The molecule has 0 saturated heterocycles. The average molecular weight is 700 g/mol. The van der Waals surface area contributed by atoms with Crippen LogP contribution in [0.15, 0.2) is 205 Å². The van der Waals surface area contributed by atoms with Crippen molar-refractivity contribution in [3.05, 3.63) is 222 Å². The van der Waals surface area contributed by atoms with Crippen molar-refractivity contribution in [1.82, 2.24) is 0 Å². The Bertz CT molecular complexity index is 3110. The monoisotopic (exact) mass is 699 g/mol. The molecule has 9 aromatic carbocycles. The van der Waals surface area contributed by atoms with E-state index in [0.29, 0.717) is 0 Å². The second kappa shape index (κ2) is 11.4. The van der Waals surface area contributed by atoms with Crippen molar-refractivity contribution < 1.29 is 4.42 Å². The maximum atomic E-state index is 7.07. The van der Waals surface area contributed by atoms with Crippen LogP contribution in [0.3, 0.4) is 0 Å². The Labute approximate surface area is 319 Å². The highest BCUT2D eigenvalue weighted by Crippen LogP contribution is 2.63. The smallest absolute Gasteiger partial charge is 0.159 e. The number of furan rings is 1. The molecule has 2 aliphatic rings. The minimum Gasteiger partial charge on any atom is -0.453 e. The Balaban J connectivity index is 1.15. The molecule has 0 amide bonds. The minimum absolute atomic E-state index is 0.444. The molecule has 0 aliphatic heterocycles. The van der Waals surface area contributed by atoms with Gasteiger partial charge in [-0.1, -0.05) is 170 Å². The van der Waals surface area contributed by atoms with Crippen LogP contribution in [-0.2, 0) is 5.41 Å². The molecule has 1 heterocycles. The predicted molar refractivity (Wildman–Crippen MR) is 228 cm³/mol. The van der Waals surface area contributed by atoms with E-state index in [1.165, 1.54) is 55.3 Å². The summed E-state index contributed by atoms with van der Waals surface area (Å²) in [6.07, 6.45) is 0. The van der Waals surface area contributed by atoms with Gasteiger partial charge in [-0.3, -0.25) is 0 Å². The van der Waals surface area contributed by atoms with Gasteiger partial charge in [-0.2, -0.15) is 0 Å². The van der Waals surface area contributed by atoms with Gasteiger partial charge in [0.25, 0.3) is 0 Å². The molecule has 0 saturated carbocycles. The van der Waals surface area contributed by atoms with Gasteiger partial charge < -0.3 is 9.32 Å². The van der Waals surface area contributed by atoms with Crippen LogP contribution in [0.2, 0.25) is 0 Å². The standard InChI is InChI=1S/C53H33NO/c1-2-15-35(16-3-1)39-21-12-22-44-45-23-13-27-50(52(45)55-51(39)44)54(37-29-28-34-14-4-5-17-36(34)32-37)38-30-31-43-42-20-8-11-26-48(42)53(49(43)33-38)46-24-9-6-18-40(46)41-19-7-10-25-47(41)53/h1-33H. The van der Waals surface area contributed by atoms with Crippen molar-refractivity contribution in [2.75, 3.05) is 4.90 Å². The predicted octanol–water partition coefficient (Wildman–Crippen LogP) is 14.2. The third-order valence-electron chi connectivity index (χ3n) is 12.1. The Kier molecular flexibility index (Phi) is 6.29. The minimum atomic E-state index is -0.444. The van der Waals surface area contributed by atoms with Gasteiger partial charge in [0.1, 0.15) is 5.58 Å². The summed E-state index contributed by atoms with van der Waals surface area (Å²) in [5, 5.41) is 4.61. The molecule has 0 atom stereocenters. The Morgan fingerprint density at radius 2 is 0.873 bits per heavy atom. The maximum absolute atomic E-state index is 7.07. The second-order valence-electron chi connectivity index (χ2n) is 14.8. The summed E-state index contributed by atoms with van der Waals surface area (Å²) in [7, 11) is 0. The summed E-state index contributed by atoms with van der Waals surface area (Å²) >= 11 is 0. The molecule has 2 aliphatic carbocycles. The number of hydrogen-bond donors (Lipinski definition) is 0. The van der Waals surface area contributed by atoms with E-state index < -0.39 is 5.41 Å². The molecular weight excluding hydrogens is 667 g/mol. The van der Waals surface area contributed by atoms with Crippen molar-refractivity contribution in [2.45, 2.75) is 5.41 Å². The van der Waals surface area contributed by atoms with Crippen molar-refractivity contribution in [3.8, 4) is 33.4 Å². The number of hydrogen-bond acceptors (Lipinski definition) is 2. The largest absolute Gasteiger partial charge is 0.453 e. The van der Waals surface area contributed by atoms with E-state index in [1.807, 2.05) is 0 Å². The highest BCUT2D eigenvalue weighted by Gasteiger charge is 2.51. The van der Waals surface area contributed by atoms with Crippen molar-refractivity contribution in [3.63, 3.8) is 0 Å². The molecule has 0 fully saturated rings. The molecule has 10 aromatic rings. The van der Waals surface area contributed by atoms with E-state index in [9.17, 15) is 0 Å². The molecule has 1 spiro atoms. The first-order valence-corrected chi connectivity index (χ1v) is 19.0. The van der Waals surface area contributed by atoms with Gasteiger partial charge in [0.15, 0.2) is 5.58 Å². The molecule has 55 heavy (non-hydrogen) atoms. The first kappa shape index (κ1) is 30.3. The van der Waals surface area contributed by atoms with Gasteiger partial charge in [0, 0.05) is 27.7 Å². The van der Waals surface area contributed by atoms with Crippen LogP contribution >= 0.6 is 0 Å². The van der Waals surface area contributed by atoms with E-state index in [0.717, 1.165) is 50.1 Å². The molecule has 0 N–H and O–H groups in total. The van der Waals surface area contributed by atoms with Crippen LogP contribution in [0.4, 0.5) is 17.1 Å². The van der Waals surface area contributed by atoms with Gasteiger partial charge in [-0.05, 0) is 91.2 Å². The van der Waals surface area contributed by atoms with Gasteiger partial charge in [0.05, 0.1) is 11.1 Å². The quantitative estimate of drug-likeness (QED) is 0.182. The molecule has 0 unspecified atom stereocenters. The first-order valence-electron chi connectivity index (χ1n) is 19.0. The molecular formula is C53H33NO. The van der Waals surface area contributed by atoms with Crippen LogP contribution in [0.25, 0.3) is 66.1 Å². The Hall–Kier alpha value is -7.16. The van der Waals surface area contributed by atoms with Crippen molar-refractivity contribution >= 4 is 49.8 Å². The highest BCUT2D eigenvalue weighted by atomic mass is 16.3. The fourth-order valence-electron chi connectivity index (χ4n) is 9.79. The van der Waals surface area contributed by atoms with Crippen LogP contribution in [-0.4, -0.2) is 0 Å². The molecule has 0 radical (unpaired) electrons. The summed E-state index contributed by atoms with van der Waals surface area (Å²) in [4.78, 5) is 2.41. The number of para-hydroxylation sites is 2. The fraction of sp³-hybridized carbons (Fsp3) is 0.0189. The molecule has 256 valence electrons. The third kappa shape index (κ3) is 4.14. The molecule has 1 aromatic heterocycles. The SMILES string of the molecule is c1ccc(-c2cccc3c2oc2c(N(c4ccc5c(c4)C4(c6ccccc6-c6ccccc64)c4ccccc4-5)c4ccc5ccccc5c4)cccc23)cc1. The first-order chi connectivity index (χ1) is 27.3. The maximum Gasteiger partial charge on any atom is 0.159 e. The average Bonchev–Trinajstić information content (AvgIpc) is 3.89. The molecule has 2 heteroatoms. The number of benzene rings is 9. The zero-order valence-corrected chi connectivity index (χ0v) is 29.9. The zero-order chi connectivity index (χ0) is 36.1. The van der Waals surface area contributed by atoms with E-state index in [2.05, 4.69) is 205 Å². The Morgan fingerprint density at radius 3 is 1.58 bits per heavy atom. The lowest BCUT2D eigenvalue weighted by Gasteiger charge is -2.32. The zero-order valence-electron chi connectivity index (χ0n) is 29.9. The number of fused-ring (bicyclic) bond motifs is 14. The van der Waals surface area contributed by atoms with Gasteiger partial charge >= 0.3 is 0 Å². The normalized spacial score (nSPS) is 13.2. The number of anilines is 3. The van der Waals surface area contributed by atoms with Crippen LogP contribution in [0.1, 0.15) is 22.3 Å². The highest BCUT2D eigenvalue weighted by molar-refractivity contribution is 6.14. The third-order valence-corrected chi connectivity index (χ3v) is 12.1. The van der Waals surface area contributed by atoms with Gasteiger partial charge in [-0.15, -0.1) is 0 Å². The van der Waals surface area contributed by atoms with E-state index >= 15 is 0 Å².